The molecule has 3 aromatic heterocycles. The fraction of sp³-hybridized carbons (Fsp3) is 0.200. The molecule has 26 heavy (non-hydrogen) atoms. The number of rotatable bonds is 5. The van der Waals surface area contributed by atoms with Crippen LogP contribution in [0.15, 0.2) is 41.3 Å². The van der Waals surface area contributed by atoms with Crippen molar-refractivity contribution in [3.05, 3.63) is 54.0 Å². The first kappa shape index (κ1) is 17.6. The minimum atomic E-state index is -4.59. The van der Waals surface area contributed by atoms with Gasteiger partial charge in [-0.1, -0.05) is 0 Å². The summed E-state index contributed by atoms with van der Waals surface area (Å²) in [5.74, 6) is -0.778. The lowest BCUT2D eigenvalue weighted by molar-refractivity contribution is -0.137. The van der Waals surface area contributed by atoms with E-state index in [-0.39, 0.29) is 24.0 Å². The third kappa shape index (κ3) is 3.72. The molecule has 3 rings (SSSR count). The topological polar surface area (TPSA) is 95.1 Å². The molecule has 0 fully saturated rings. The van der Waals surface area contributed by atoms with Gasteiger partial charge in [0, 0.05) is 25.6 Å². The Bertz CT molecular complexity index is 919. The van der Waals surface area contributed by atoms with Gasteiger partial charge in [-0.25, -0.2) is 14.6 Å². The number of hydrogen-bond acceptors (Lipinski definition) is 6. The number of alkyl halides is 3. The molecule has 11 heteroatoms. The lowest BCUT2D eigenvalue weighted by atomic mass is 10.2. The van der Waals surface area contributed by atoms with Gasteiger partial charge in [0.1, 0.15) is 18.4 Å². The third-order valence-corrected chi connectivity index (χ3v) is 3.19. The normalized spacial score (nSPS) is 11.5. The second-order valence-electron chi connectivity index (χ2n) is 5.03. The number of hydrogen-bond donors (Lipinski definition) is 1. The first-order chi connectivity index (χ1) is 12.4. The zero-order valence-electron chi connectivity index (χ0n) is 13.3. The SMILES string of the molecule is COCc1nc(C(=O)Nc2ccn(-c3ncccc3C(F)(F)F)n2)co1. The summed E-state index contributed by atoms with van der Waals surface area (Å²) in [4.78, 5) is 19.7. The lowest BCUT2D eigenvalue weighted by Crippen LogP contribution is -2.15. The molecule has 3 heterocycles. The lowest BCUT2D eigenvalue weighted by Gasteiger charge is -2.10. The van der Waals surface area contributed by atoms with E-state index in [9.17, 15) is 18.0 Å². The molecule has 0 atom stereocenters. The van der Waals surface area contributed by atoms with Crippen molar-refractivity contribution in [3.8, 4) is 5.82 Å². The van der Waals surface area contributed by atoms with Crippen LogP contribution in [0.4, 0.5) is 19.0 Å². The molecule has 1 N–H and O–H groups in total. The number of carbonyl (C=O) groups is 1. The minimum absolute atomic E-state index is 0.0135. The van der Waals surface area contributed by atoms with Crippen molar-refractivity contribution >= 4 is 11.7 Å². The van der Waals surface area contributed by atoms with Gasteiger partial charge in [0.05, 0.1) is 0 Å². The Hall–Kier alpha value is -3.21. The van der Waals surface area contributed by atoms with E-state index in [1.807, 2.05) is 0 Å². The van der Waals surface area contributed by atoms with E-state index in [0.29, 0.717) is 0 Å². The highest BCUT2D eigenvalue weighted by atomic mass is 19.4. The third-order valence-electron chi connectivity index (χ3n) is 3.19. The predicted octanol–water partition coefficient (Wildman–Crippen LogP) is 2.67. The summed E-state index contributed by atoms with van der Waals surface area (Å²) in [7, 11) is 1.45. The van der Waals surface area contributed by atoms with Gasteiger partial charge >= 0.3 is 6.18 Å². The van der Waals surface area contributed by atoms with Crippen LogP contribution in [0.3, 0.4) is 0 Å². The number of aromatic nitrogens is 4. The second kappa shape index (κ2) is 6.96. The molecule has 0 aliphatic carbocycles. The van der Waals surface area contributed by atoms with Gasteiger partial charge in [-0.3, -0.25) is 4.79 Å². The number of oxazole rings is 1. The van der Waals surface area contributed by atoms with Gasteiger partial charge in [-0.15, -0.1) is 5.10 Å². The molecule has 1 amide bonds. The van der Waals surface area contributed by atoms with Crippen LogP contribution in [0.1, 0.15) is 21.9 Å². The molecular formula is C15H12F3N5O3. The number of nitrogens with zero attached hydrogens (tertiary/aromatic N) is 4. The van der Waals surface area contributed by atoms with Crippen molar-refractivity contribution in [2.45, 2.75) is 12.8 Å². The van der Waals surface area contributed by atoms with Crippen LogP contribution in [0.5, 0.6) is 0 Å². The predicted molar refractivity (Wildman–Crippen MR) is 81.5 cm³/mol. The molecule has 8 nitrogen and oxygen atoms in total. The van der Waals surface area contributed by atoms with E-state index in [0.717, 1.165) is 17.0 Å². The van der Waals surface area contributed by atoms with Gasteiger partial charge in [-0.05, 0) is 12.1 Å². The number of pyridine rings is 1. The van der Waals surface area contributed by atoms with Crippen molar-refractivity contribution in [2.75, 3.05) is 12.4 Å². The summed E-state index contributed by atoms with van der Waals surface area (Å²) in [6.45, 7) is 0.0990. The Morgan fingerprint density at radius 2 is 2.19 bits per heavy atom. The number of halogens is 3. The van der Waals surface area contributed by atoms with E-state index in [1.54, 1.807) is 0 Å². The summed E-state index contributed by atoms with van der Waals surface area (Å²) in [5.41, 5.74) is -0.956. The summed E-state index contributed by atoms with van der Waals surface area (Å²) in [6, 6.07) is 3.42. The van der Waals surface area contributed by atoms with Crippen LogP contribution >= 0.6 is 0 Å². The number of nitrogens with one attached hydrogen (secondary N) is 1. The Morgan fingerprint density at radius 3 is 2.92 bits per heavy atom. The average molecular weight is 367 g/mol. The molecule has 0 spiro atoms. The molecular weight excluding hydrogens is 355 g/mol. The molecule has 0 radical (unpaired) electrons. The maximum Gasteiger partial charge on any atom is 0.420 e. The van der Waals surface area contributed by atoms with E-state index in [2.05, 4.69) is 20.4 Å². The minimum Gasteiger partial charge on any atom is -0.446 e. The van der Waals surface area contributed by atoms with E-state index in [4.69, 9.17) is 9.15 Å². The van der Waals surface area contributed by atoms with Gasteiger partial charge < -0.3 is 14.5 Å². The first-order valence-corrected chi connectivity index (χ1v) is 7.21. The monoisotopic (exact) mass is 367 g/mol. The Kier molecular flexibility index (Phi) is 4.71. The maximum absolute atomic E-state index is 13.1. The highest BCUT2D eigenvalue weighted by Gasteiger charge is 2.34. The van der Waals surface area contributed by atoms with Crippen LogP contribution in [0.2, 0.25) is 0 Å². The molecule has 3 aromatic rings. The number of amides is 1. The van der Waals surface area contributed by atoms with E-state index >= 15 is 0 Å². The van der Waals surface area contributed by atoms with Crippen LogP contribution in [0, 0.1) is 0 Å². The van der Waals surface area contributed by atoms with Gasteiger partial charge in [0.2, 0.25) is 5.89 Å². The molecule has 0 bridgehead atoms. The Balaban J connectivity index is 1.79. The van der Waals surface area contributed by atoms with Crippen LogP contribution in [0.25, 0.3) is 5.82 Å². The maximum atomic E-state index is 13.1. The fourth-order valence-electron chi connectivity index (χ4n) is 2.09. The molecule has 0 aliphatic rings. The van der Waals surface area contributed by atoms with E-state index in [1.165, 1.54) is 31.6 Å². The largest absolute Gasteiger partial charge is 0.446 e. The summed E-state index contributed by atoms with van der Waals surface area (Å²) < 4.78 is 50.0. The van der Waals surface area contributed by atoms with Crippen LogP contribution in [-0.4, -0.2) is 32.8 Å². The zero-order valence-corrected chi connectivity index (χ0v) is 13.3. The Morgan fingerprint density at radius 1 is 1.38 bits per heavy atom. The molecule has 0 saturated heterocycles. The van der Waals surface area contributed by atoms with Crippen molar-refractivity contribution in [3.63, 3.8) is 0 Å². The Labute approximate surface area is 144 Å². The zero-order chi connectivity index (χ0) is 18.7. The molecule has 0 aromatic carbocycles. The highest BCUT2D eigenvalue weighted by Crippen LogP contribution is 2.32. The fourth-order valence-corrected chi connectivity index (χ4v) is 2.09. The van der Waals surface area contributed by atoms with Gasteiger partial charge in [0.15, 0.2) is 17.3 Å². The summed E-state index contributed by atoms with van der Waals surface area (Å²) in [5, 5.41) is 6.32. The van der Waals surface area contributed by atoms with Gasteiger partial charge in [0.25, 0.3) is 5.91 Å². The molecule has 0 aliphatic heterocycles. The first-order valence-electron chi connectivity index (χ1n) is 7.21. The molecule has 0 saturated carbocycles. The van der Waals surface area contributed by atoms with Crippen molar-refractivity contribution in [1.82, 2.24) is 19.7 Å². The number of methoxy groups -OCH3 is 1. The van der Waals surface area contributed by atoms with Crippen molar-refractivity contribution in [1.29, 1.82) is 0 Å². The standard InChI is InChI=1S/C15H12F3N5O3/c1-25-8-12-20-10(7-26-12)14(24)21-11-4-6-23(22-11)13-9(15(16,17)18)3-2-5-19-13/h2-7H,8H2,1H3,(H,21,22,24). The number of ether oxygens (including phenoxy) is 1. The quantitative estimate of drug-likeness (QED) is 0.745. The summed E-state index contributed by atoms with van der Waals surface area (Å²) >= 11 is 0. The van der Waals surface area contributed by atoms with Crippen LogP contribution < -0.4 is 5.32 Å². The summed E-state index contributed by atoms with van der Waals surface area (Å²) in [6.07, 6.45) is -0.970. The average Bonchev–Trinajstić information content (AvgIpc) is 3.24. The van der Waals surface area contributed by atoms with Crippen molar-refractivity contribution < 1.29 is 27.1 Å². The van der Waals surface area contributed by atoms with Crippen LogP contribution in [-0.2, 0) is 17.5 Å². The van der Waals surface area contributed by atoms with Gasteiger partial charge in [-0.2, -0.15) is 13.2 Å². The number of carbonyl (C=O) groups excluding carboxylic acids is 1. The van der Waals surface area contributed by atoms with Crippen molar-refractivity contribution in [2.24, 2.45) is 0 Å². The number of anilines is 1. The van der Waals surface area contributed by atoms with E-state index < -0.39 is 23.5 Å². The highest BCUT2D eigenvalue weighted by molar-refractivity contribution is 6.02. The second-order valence-corrected chi connectivity index (χ2v) is 5.03. The molecule has 136 valence electrons. The smallest absolute Gasteiger partial charge is 0.420 e. The molecule has 0 unspecified atom stereocenters.